The lowest BCUT2D eigenvalue weighted by molar-refractivity contribution is -0.120. The molecular formula is C20H27N3O. The van der Waals surface area contributed by atoms with Crippen molar-refractivity contribution >= 4 is 17.3 Å². The molecule has 0 aliphatic rings. The predicted molar refractivity (Wildman–Crippen MR) is 101 cm³/mol. The lowest BCUT2D eigenvalue weighted by atomic mass is 9.96. The fraction of sp³-hybridized carbons (Fsp3) is 0.350. The van der Waals surface area contributed by atoms with Crippen LogP contribution in [-0.2, 0) is 11.2 Å². The van der Waals surface area contributed by atoms with Crippen LogP contribution in [0.2, 0.25) is 0 Å². The van der Waals surface area contributed by atoms with Crippen LogP contribution in [0, 0.1) is 0 Å². The van der Waals surface area contributed by atoms with Crippen molar-refractivity contribution in [1.82, 2.24) is 0 Å². The van der Waals surface area contributed by atoms with E-state index < -0.39 is 5.54 Å². The number of hydrogen-bond donors (Lipinski definition) is 3. The molecule has 2 aromatic rings. The highest BCUT2D eigenvalue weighted by molar-refractivity contribution is 5.97. The Morgan fingerprint density at radius 3 is 2.29 bits per heavy atom. The van der Waals surface area contributed by atoms with Crippen LogP contribution >= 0.6 is 0 Å². The van der Waals surface area contributed by atoms with E-state index in [0.29, 0.717) is 6.42 Å². The summed E-state index contributed by atoms with van der Waals surface area (Å²) in [6.07, 6.45) is 2.52. The maximum Gasteiger partial charge on any atom is 0.244 e. The fourth-order valence-electron chi connectivity index (χ4n) is 2.57. The third-order valence-corrected chi connectivity index (χ3v) is 4.02. The van der Waals surface area contributed by atoms with Gasteiger partial charge < -0.3 is 16.4 Å². The van der Waals surface area contributed by atoms with Gasteiger partial charge in [0.15, 0.2) is 0 Å². The highest BCUT2D eigenvalue weighted by Crippen LogP contribution is 2.17. The Bertz CT molecular complexity index is 636. The van der Waals surface area contributed by atoms with Gasteiger partial charge in [0.2, 0.25) is 5.91 Å². The summed E-state index contributed by atoms with van der Waals surface area (Å²) in [4.78, 5) is 12.2. The van der Waals surface area contributed by atoms with Gasteiger partial charge in [-0.2, -0.15) is 0 Å². The molecule has 0 bridgehead atoms. The largest absolute Gasteiger partial charge is 0.385 e. The van der Waals surface area contributed by atoms with Gasteiger partial charge >= 0.3 is 0 Å². The summed E-state index contributed by atoms with van der Waals surface area (Å²) in [6, 6.07) is 18.1. The maximum atomic E-state index is 12.2. The number of nitrogens with two attached hydrogens (primary N) is 1. The zero-order valence-corrected chi connectivity index (χ0v) is 14.5. The predicted octanol–water partition coefficient (Wildman–Crippen LogP) is 3.80. The van der Waals surface area contributed by atoms with Crippen molar-refractivity contribution in [3.63, 3.8) is 0 Å². The molecule has 0 aliphatic heterocycles. The molecule has 0 heterocycles. The zero-order chi connectivity index (χ0) is 17.4. The minimum absolute atomic E-state index is 0.144. The molecule has 128 valence electrons. The second kappa shape index (κ2) is 8.50. The third kappa shape index (κ3) is 5.39. The van der Waals surface area contributed by atoms with Crippen LogP contribution in [0.1, 0.15) is 32.3 Å². The lowest BCUT2D eigenvalue weighted by Crippen LogP contribution is -2.48. The lowest BCUT2D eigenvalue weighted by Gasteiger charge is -2.22. The van der Waals surface area contributed by atoms with Crippen LogP contribution in [0.25, 0.3) is 0 Å². The van der Waals surface area contributed by atoms with Gasteiger partial charge in [0.05, 0.1) is 5.54 Å². The van der Waals surface area contributed by atoms with E-state index in [1.807, 2.05) is 37.3 Å². The van der Waals surface area contributed by atoms with Gasteiger partial charge in [-0.1, -0.05) is 43.7 Å². The number of rotatable bonds is 8. The van der Waals surface area contributed by atoms with Crippen LogP contribution < -0.4 is 16.4 Å². The first-order valence-electron chi connectivity index (χ1n) is 8.49. The van der Waals surface area contributed by atoms with E-state index in [2.05, 4.69) is 34.9 Å². The van der Waals surface area contributed by atoms with Gasteiger partial charge in [-0.25, -0.2) is 0 Å². The van der Waals surface area contributed by atoms with Crippen LogP contribution in [0.15, 0.2) is 54.6 Å². The van der Waals surface area contributed by atoms with Crippen molar-refractivity contribution in [3.8, 4) is 0 Å². The average molecular weight is 325 g/mol. The van der Waals surface area contributed by atoms with Crippen molar-refractivity contribution < 1.29 is 4.79 Å². The molecule has 1 atom stereocenters. The first-order valence-corrected chi connectivity index (χ1v) is 8.49. The molecule has 2 rings (SSSR count). The molecule has 2 aromatic carbocycles. The summed E-state index contributed by atoms with van der Waals surface area (Å²) in [5.74, 6) is -0.144. The van der Waals surface area contributed by atoms with Crippen LogP contribution in [-0.4, -0.2) is 18.0 Å². The molecule has 4 heteroatoms. The molecule has 0 saturated carbocycles. The number of anilines is 2. The molecule has 24 heavy (non-hydrogen) atoms. The Hall–Kier alpha value is -2.33. The minimum atomic E-state index is -0.832. The first-order chi connectivity index (χ1) is 11.5. The van der Waals surface area contributed by atoms with Crippen LogP contribution in [0.4, 0.5) is 11.4 Å². The number of hydrogen-bond acceptors (Lipinski definition) is 3. The Labute approximate surface area is 144 Å². The summed E-state index contributed by atoms with van der Waals surface area (Å²) < 4.78 is 0. The van der Waals surface area contributed by atoms with Gasteiger partial charge in [-0.05, 0) is 49.6 Å². The molecule has 0 spiro atoms. The molecule has 0 fully saturated rings. The normalized spacial score (nSPS) is 13.1. The van der Waals surface area contributed by atoms with E-state index in [9.17, 15) is 4.79 Å². The summed E-state index contributed by atoms with van der Waals surface area (Å²) in [6.45, 7) is 4.66. The number of carbonyl (C=O) groups is 1. The highest BCUT2D eigenvalue weighted by Gasteiger charge is 2.26. The molecule has 0 aromatic heterocycles. The van der Waals surface area contributed by atoms with Crippen LogP contribution in [0.3, 0.4) is 0 Å². The molecule has 0 aliphatic carbocycles. The summed E-state index contributed by atoms with van der Waals surface area (Å²) in [5.41, 5.74) is 8.33. The van der Waals surface area contributed by atoms with E-state index in [1.165, 1.54) is 5.56 Å². The summed E-state index contributed by atoms with van der Waals surface area (Å²) >= 11 is 0. The SMILES string of the molecule is CCCC(C)(N)C(=O)Nc1ccc(NCCc2ccccc2)cc1. The Kier molecular flexibility index (Phi) is 6.38. The van der Waals surface area contributed by atoms with Crippen molar-refractivity contribution in [2.75, 3.05) is 17.2 Å². The second-order valence-corrected chi connectivity index (χ2v) is 6.36. The molecular weight excluding hydrogens is 298 g/mol. The molecule has 4 N–H and O–H groups in total. The van der Waals surface area contributed by atoms with Gasteiger partial charge in [-0.3, -0.25) is 4.79 Å². The summed E-state index contributed by atoms with van der Waals surface area (Å²) in [7, 11) is 0. The number of amides is 1. The van der Waals surface area contributed by atoms with E-state index in [-0.39, 0.29) is 5.91 Å². The van der Waals surface area contributed by atoms with Gasteiger partial charge in [0, 0.05) is 17.9 Å². The van der Waals surface area contributed by atoms with E-state index in [0.717, 1.165) is 30.8 Å². The zero-order valence-electron chi connectivity index (χ0n) is 14.5. The molecule has 1 unspecified atom stereocenters. The molecule has 4 nitrogen and oxygen atoms in total. The van der Waals surface area contributed by atoms with Gasteiger partial charge in [0.25, 0.3) is 0 Å². The quantitative estimate of drug-likeness (QED) is 0.691. The fourth-order valence-corrected chi connectivity index (χ4v) is 2.57. The number of nitrogens with one attached hydrogen (secondary N) is 2. The smallest absolute Gasteiger partial charge is 0.244 e. The average Bonchev–Trinajstić information content (AvgIpc) is 2.57. The van der Waals surface area contributed by atoms with Gasteiger partial charge in [0.1, 0.15) is 0 Å². The van der Waals surface area contributed by atoms with E-state index in [1.54, 1.807) is 6.92 Å². The van der Waals surface area contributed by atoms with Gasteiger partial charge in [-0.15, -0.1) is 0 Å². The molecule has 0 radical (unpaired) electrons. The maximum absolute atomic E-state index is 12.2. The number of carbonyl (C=O) groups excluding carboxylic acids is 1. The number of benzene rings is 2. The highest BCUT2D eigenvalue weighted by atomic mass is 16.2. The standard InChI is InChI=1S/C20H27N3O/c1-3-14-20(2,21)19(24)23-18-11-9-17(10-12-18)22-15-13-16-7-5-4-6-8-16/h4-12,22H,3,13-15,21H2,1-2H3,(H,23,24). The van der Waals surface area contributed by atoms with Crippen molar-refractivity contribution in [2.45, 2.75) is 38.6 Å². The Morgan fingerprint density at radius 1 is 1.04 bits per heavy atom. The van der Waals surface area contributed by atoms with E-state index >= 15 is 0 Å². The van der Waals surface area contributed by atoms with Crippen molar-refractivity contribution in [2.24, 2.45) is 5.73 Å². The minimum Gasteiger partial charge on any atom is -0.385 e. The van der Waals surface area contributed by atoms with Crippen LogP contribution in [0.5, 0.6) is 0 Å². The van der Waals surface area contributed by atoms with Crippen molar-refractivity contribution in [1.29, 1.82) is 0 Å². The summed E-state index contributed by atoms with van der Waals surface area (Å²) in [5, 5.41) is 6.27. The molecule has 1 amide bonds. The Balaban J connectivity index is 1.83. The van der Waals surface area contributed by atoms with E-state index in [4.69, 9.17) is 5.73 Å². The van der Waals surface area contributed by atoms with Crippen molar-refractivity contribution in [3.05, 3.63) is 60.2 Å². The second-order valence-electron chi connectivity index (χ2n) is 6.36. The topological polar surface area (TPSA) is 67.2 Å². The molecule has 0 saturated heterocycles. The first kappa shape index (κ1) is 18.0. The Morgan fingerprint density at radius 2 is 1.67 bits per heavy atom. The monoisotopic (exact) mass is 325 g/mol. The third-order valence-electron chi connectivity index (χ3n) is 4.02.